The van der Waals surface area contributed by atoms with Gasteiger partial charge >= 0.3 is 0 Å². The summed E-state index contributed by atoms with van der Waals surface area (Å²) in [5, 5.41) is 0. The van der Waals surface area contributed by atoms with Crippen LogP contribution in [0, 0.1) is 0 Å². The van der Waals surface area contributed by atoms with Gasteiger partial charge < -0.3 is 9.47 Å². The first-order chi connectivity index (χ1) is 12.6. The molecular formula is C19H24N2O4S. The summed E-state index contributed by atoms with van der Waals surface area (Å²) >= 11 is 0. The lowest BCUT2D eigenvalue weighted by atomic mass is 10.0. The molecule has 0 spiro atoms. The first-order valence-electron chi connectivity index (χ1n) is 8.60. The van der Waals surface area contributed by atoms with E-state index in [4.69, 9.17) is 9.47 Å². The molecule has 1 atom stereocenters. The quantitative estimate of drug-likeness (QED) is 0.801. The Morgan fingerprint density at radius 1 is 1.08 bits per heavy atom. The number of benzene rings is 2. The average molecular weight is 376 g/mol. The standard InChI is InChI=1S/C19H24N2O4S/c1-24-17-9-7-16(8-10-17)19(21-11-13-25-14-12-21)15-20-26(22,23)18-5-3-2-4-6-18/h2-10,19-20H,11-15H2,1H3/t19-/m0/s1. The van der Waals surface area contributed by atoms with E-state index in [9.17, 15) is 8.42 Å². The topological polar surface area (TPSA) is 67.9 Å². The number of nitrogens with zero attached hydrogens (tertiary/aromatic N) is 1. The van der Waals surface area contributed by atoms with Crippen LogP contribution in [0.2, 0.25) is 0 Å². The number of rotatable bonds is 7. The first kappa shape index (κ1) is 18.8. The van der Waals surface area contributed by atoms with Crippen LogP contribution < -0.4 is 9.46 Å². The lowest BCUT2D eigenvalue weighted by Gasteiger charge is -2.35. The predicted molar refractivity (Wildman–Crippen MR) is 99.8 cm³/mol. The number of nitrogens with one attached hydrogen (secondary N) is 1. The Morgan fingerprint density at radius 2 is 1.73 bits per heavy atom. The van der Waals surface area contributed by atoms with Gasteiger partial charge in [-0.2, -0.15) is 0 Å². The molecule has 1 saturated heterocycles. The van der Waals surface area contributed by atoms with Crippen LogP contribution >= 0.6 is 0 Å². The molecule has 3 rings (SSSR count). The number of ether oxygens (including phenoxy) is 2. The van der Waals surface area contributed by atoms with Gasteiger partial charge in [-0.25, -0.2) is 13.1 Å². The normalized spacial score (nSPS) is 17.0. The van der Waals surface area contributed by atoms with E-state index in [1.807, 2.05) is 24.3 Å². The van der Waals surface area contributed by atoms with E-state index in [1.54, 1.807) is 37.4 Å². The highest BCUT2D eigenvalue weighted by Crippen LogP contribution is 2.24. The van der Waals surface area contributed by atoms with Crippen molar-refractivity contribution in [2.45, 2.75) is 10.9 Å². The molecule has 1 heterocycles. The summed E-state index contributed by atoms with van der Waals surface area (Å²) in [6.07, 6.45) is 0. The van der Waals surface area contributed by atoms with E-state index >= 15 is 0 Å². The molecule has 26 heavy (non-hydrogen) atoms. The Balaban J connectivity index is 1.79. The van der Waals surface area contributed by atoms with Gasteiger partial charge in [0.2, 0.25) is 10.0 Å². The van der Waals surface area contributed by atoms with Gasteiger partial charge in [-0.05, 0) is 29.8 Å². The van der Waals surface area contributed by atoms with Crippen LogP contribution in [0.4, 0.5) is 0 Å². The van der Waals surface area contributed by atoms with Gasteiger partial charge in [-0.3, -0.25) is 4.90 Å². The molecule has 7 heteroatoms. The Labute approximate surface area is 154 Å². The second kappa shape index (κ2) is 8.64. The zero-order valence-corrected chi connectivity index (χ0v) is 15.6. The molecule has 0 aromatic heterocycles. The van der Waals surface area contributed by atoms with Crippen molar-refractivity contribution >= 4 is 10.0 Å². The van der Waals surface area contributed by atoms with Gasteiger partial charge in [-0.1, -0.05) is 30.3 Å². The molecule has 1 N–H and O–H groups in total. The minimum atomic E-state index is -3.55. The van der Waals surface area contributed by atoms with Crippen molar-refractivity contribution in [3.8, 4) is 5.75 Å². The fourth-order valence-corrected chi connectivity index (χ4v) is 4.10. The van der Waals surface area contributed by atoms with Gasteiger partial charge in [0.1, 0.15) is 5.75 Å². The minimum absolute atomic E-state index is 0.0664. The molecule has 1 fully saturated rings. The molecule has 6 nitrogen and oxygen atoms in total. The van der Waals surface area contributed by atoms with Crippen LogP contribution in [0.3, 0.4) is 0 Å². The summed E-state index contributed by atoms with van der Waals surface area (Å²) in [5.74, 6) is 0.777. The Bertz CT molecular complexity index is 788. The number of sulfonamides is 1. The fourth-order valence-electron chi connectivity index (χ4n) is 3.04. The van der Waals surface area contributed by atoms with Crippen LogP contribution in [-0.4, -0.2) is 53.3 Å². The van der Waals surface area contributed by atoms with E-state index < -0.39 is 10.0 Å². The van der Waals surface area contributed by atoms with Crippen molar-refractivity contribution in [3.05, 3.63) is 60.2 Å². The molecule has 2 aromatic carbocycles. The fraction of sp³-hybridized carbons (Fsp3) is 0.368. The molecule has 2 aromatic rings. The summed E-state index contributed by atoms with van der Waals surface area (Å²) in [6, 6.07) is 16.1. The van der Waals surface area contributed by atoms with E-state index in [1.165, 1.54) is 0 Å². The molecule has 0 unspecified atom stereocenters. The average Bonchev–Trinajstić information content (AvgIpc) is 2.70. The lowest BCUT2D eigenvalue weighted by Crippen LogP contribution is -2.43. The Hall–Kier alpha value is -1.93. The third-order valence-corrected chi connectivity index (χ3v) is 5.95. The molecule has 1 aliphatic rings. The second-order valence-electron chi connectivity index (χ2n) is 6.10. The molecule has 140 valence electrons. The van der Waals surface area contributed by atoms with Crippen molar-refractivity contribution in [2.24, 2.45) is 0 Å². The summed E-state index contributed by atoms with van der Waals surface area (Å²) in [5.41, 5.74) is 1.04. The van der Waals surface area contributed by atoms with Crippen molar-refractivity contribution in [1.82, 2.24) is 9.62 Å². The van der Waals surface area contributed by atoms with Crippen LogP contribution in [0.5, 0.6) is 5.75 Å². The highest BCUT2D eigenvalue weighted by molar-refractivity contribution is 7.89. The number of morpholine rings is 1. The Kier molecular flexibility index (Phi) is 6.26. The highest BCUT2D eigenvalue weighted by Gasteiger charge is 2.25. The zero-order valence-electron chi connectivity index (χ0n) is 14.8. The lowest BCUT2D eigenvalue weighted by molar-refractivity contribution is 0.0172. The van der Waals surface area contributed by atoms with Gasteiger partial charge in [0.05, 0.1) is 25.2 Å². The largest absolute Gasteiger partial charge is 0.497 e. The minimum Gasteiger partial charge on any atom is -0.497 e. The van der Waals surface area contributed by atoms with E-state index in [2.05, 4.69) is 9.62 Å². The Morgan fingerprint density at radius 3 is 2.35 bits per heavy atom. The molecule has 0 aliphatic carbocycles. The van der Waals surface area contributed by atoms with Crippen molar-refractivity contribution in [2.75, 3.05) is 40.0 Å². The molecule has 0 amide bonds. The van der Waals surface area contributed by atoms with Gasteiger partial charge in [0.15, 0.2) is 0 Å². The SMILES string of the molecule is COc1ccc([C@H](CNS(=O)(=O)c2ccccc2)N2CCOCC2)cc1. The zero-order chi connectivity index (χ0) is 18.4. The van der Waals surface area contributed by atoms with Gasteiger partial charge in [0, 0.05) is 25.7 Å². The summed E-state index contributed by atoms with van der Waals surface area (Å²) < 4.78 is 38.6. The van der Waals surface area contributed by atoms with Crippen LogP contribution in [0.15, 0.2) is 59.5 Å². The summed E-state index contributed by atoms with van der Waals surface area (Å²) in [4.78, 5) is 2.52. The first-order valence-corrected chi connectivity index (χ1v) is 10.1. The van der Waals surface area contributed by atoms with Crippen molar-refractivity contribution < 1.29 is 17.9 Å². The van der Waals surface area contributed by atoms with Gasteiger partial charge in [-0.15, -0.1) is 0 Å². The molecular weight excluding hydrogens is 352 g/mol. The van der Waals surface area contributed by atoms with E-state index in [-0.39, 0.29) is 10.9 Å². The maximum Gasteiger partial charge on any atom is 0.240 e. The number of hydrogen-bond donors (Lipinski definition) is 1. The van der Waals surface area contributed by atoms with E-state index in [0.717, 1.165) is 24.4 Å². The van der Waals surface area contributed by atoms with Crippen LogP contribution in [0.1, 0.15) is 11.6 Å². The smallest absolute Gasteiger partial charge is 0.240 e. The summed E-state index contributed by atoms with van der Waals surface area (Å²) in [7, 11) is -1.92. The highest BCUT2D eigenvalue weighted by atomic mass is 32.2. The van der Waals surface area contributed by atoms with Crippen molar-refractivity contribution in [1.29, 1.82) is 0 Å². The van der Waals surface area contributed by atoms with E-state index in [0.29, 0.717) is 19.8 Å². The van der Waals surface area contributed by atoms with Crippen LogP contribution in [-0.2, 0) is 14.8 Å². The maximum atomic E-state index is 12.6. The second-order valence-corrected chi connectivity index (χ2v) is 7.87. The number of hydrogen-bond acceptors (Lipinski definition) is 5. The monoisotopic (exact) mass is 376 g/mol. The third-order valence-electron chi connectivity index (χ3n) is 4.51. The number of methoxy groups -OCH3 is 1. The molecule has 1 aliphatic heterocycles. The summed E-state index contributed by atoms with van der Waals surface area (Å²) in [6.45, 7) is 3.13. The van der Waals surface area contributed by atoms with Gasteiger partial charge in [0.25, 0.3) is 0 Å². The third kappa shape index (κ3) is 4.62. The molecule has 0 radical (unpaired) electrons. The predicted octanol–water partition coefficient (Wildman–Crippen LogP) is 2.05. The van der Waals surface area contributed by atoms with Crippen LogP contribution in [0.25, 0.3) is 0 Å². The molecule has 0 bridgehead atoms. The molecule has 0 saturated carbocycles. The maximum absolute atomic E-state index is 12.6. The van der Waals surface area contributed by atoms with Crippen molar-refractivity contribution in [3.63, 3.8) is 0 Å².